The van der Waals surface area contributed by atoms with Gasteiger partial charge in [-0.1, -0.05) is 38.3 Å². The van der Waals surface area contributed by atoms with Crippen LogP contribution < -0.4 is 0 Å². The topological polar surface area (TPSA) is 96.4 Å². The maximum Gasteiger partial charge on any atom is 0.312 e. The predicted octanol–water partition coefficient (Wildman–Crippen LogP) is 3.24. The first-order chi connectivity index (χ1) is 17.4. The van der Waals surface area contributed by atoms with Crippen LogP contribution in [0.3, 0.4) is 0 Å². The number of ether oxygens (including phenoxy) is 2. The highest BCUT2D eigenvalue weighted by Gasteiger charge is 2.75. The molecule has 202 valence electrons. The number of unbranched alkanes of at least 4 members (excludes halogenated alkanes) is 3. The molecule has 0 aromatic carbocycles. The molecule has 0 aliphatic carbocycles. The summed E-state index contributed by atoms with van der Waals surface area (Å²) < 4.78 is 12.0. The van der Waals surface area contributed by atoms with Crippen LogP contribution in [0.15, 0.2) is 25.3 Å². The minimum absolute atomic E-state index is 0.00396. The lowest BCUT2D eigenvalue weighted by Gasteiger charge is -2.39. The van der Waals surface area contributed by atoms with E-state index in [1.54, 1.807) is 17.1 Å². The second kappa shape index (κ2) is 12.9. The second-order valence-electron chi connectivity index (χ2n) is 10.4. The van der Waals surface area contributed by atoms with Crippen molar-refractivity contribution in [3.63, 3.8) is 0 Å². The lowest BCUT2D eigenvalue weighted by atomic mass is 9.70. The quantitative estimate of drug-likeness (QED) is 0.197. The molecule has 3 rings (SSSR count). The van der Waals surface area contributed by atoms with Crippen molar-refractivity contribution in [1.82, 2.24) is 9.80 Å². The van der Waals surface area contributed by atoms with Crippen molar-refractivity contribution in [2.75, 3.05) is 26.3 Å². The van der Waals surface area contributed by atoms with Gasteiger partial charge in [0.05, 0.1) is 24.5 Å². The normalized spacial score (nSPS) is 29.2. The SMILES string of the molecule is C=CCCOC(=O)[C@@H]1[C@@H]2CCC3(O2)C(C(=O)N(CC=C)C(C)CCC)N(CCCCCCO)C(=O)[C@H]13. The monoisotopic (exact) mass is 504 g/mol. The van der Waals surface area contributed by atoms with E-state index in [2.05, 4.69) is 20.1 Å². The smallest absolute Gasteiger partial charge is 0.312 e. The molecule has 0 aromatic heterocycles. The Morgan fingerprint density at radius 2 is 2.03 bits per heavy atom. The van der Waals surface area contributed by atoms with Gasteiger partial charge in [0.25, 0.3) is 0 Å². The molecular formula is C28H44N2O6. The summed E-state index contributed by atoms with van der Waals surface area (Å²) >= 11 is 0. The van der Waals surface area contributed by atoms with Crippen molar-refractivity contribution in [3.8, 4) is 0 Å². The van der Waals surface area contributed by atoms with Gasteiger partial charge in [-0.2, -0.15) is 0 Å². The maximum absolute atomic E-state index is 14.2. The fourth-order valence-electron chi connectivity index (χ4n) is 6.38. The average molecular weight is 505 g/mol. The molecule has 3 unspecified atom stereocenters. The Morgan fingerprint density at radius 3 is 2.69 bits per heavy atom. The molecule has 6 atom stereocenters. The fraction of sp³-hybridized carbons (Fsp3) is 0.750. The van der Waals surface area contributed by atoms with Crippen LogP contribution >= 0.6 is 0 Å². The first kappa shape index (κ1) is 28.4. The average Bonchev–Trinajstić information content (AvgIpc) is 3.50. The van der Waals surface area contributed by atoms with E-state index in [1.165, 1.54) is 0 Å². The highest BCUT2D eigenvalue weighted by molar-refractivity contribution is 5.98. The van der Waals surface area contributed by atoms with Crippen LogP contribution in [0, 0.1) is 11.8 Å². The van der Waals surface area contributed by atoms with Crippen LogP contribution in [0.5, 0.6) is 0 Å². The van der Waals surface area contributed by atoms with E-state index in [-0.39, 0.29) is 31.1 Å². The number of amides is 2. The minimum atomic E-state index is -1.00. The van der Waals surface area contributed by atoms with Crippen molar-refractivity contribution in [3.05, 3.63) is 25.3 Å². The molecule has 0 saturated carbocycles. The molecule has 0 aromatic rings. The van der Waals surface area contributed by atoms with Crippen LogP contribution in [0.2, 0.25) is 0 Å². The summed E-state index contributed by atoms with van der Waals surface area (Å²) in [4.78, 5) is 44.7. The Balaban J connectivity index is 1.92. The summed E-state index contributed by atoms with van der Waals surface area (Å²) in [5.41, 5.74) is -1.00. The molecule has 8 nitrogen and oxygen atoms in total. The van der Waals surface area contributed by atoms with E-state index in [9.17, 15) is 14.4 Å². The Kier molecular flexibility index (Phi) is 10.1. The second-order valence-corrected chi connectivity index (χ2v) is 10.4. The first-order valence-corrected chi connectivity index (χ1v) is 13.7. The molecule has 36 heavy (non-hydrogen) atoms. The van der Waals surface area contributed by atoms with Gasteiger partial charge in [-0.05, 0) is 45.4 Å². The molecular weight excluding hydrogens is 460 g/mol. The number of aliphatic hydroxyl groups is 1. The largest absolute Gasteiger partial charge is 0.465 e. The molecule has 2 bridgehead atoms. The van der Waals surface area contributed by atoms with Gasteiger partial charge < -0.3 is 24.4 Å². The summed E-state index contributed by atoms with van der Waals surface area (Å²) in [5.74, 6) is -2.11. The summed E-state index contributed by atoms with van der Waals surface area (Å²) in [6.45, 7) is 12.8. The molecule has 3 heterocycles. The third-order valence-electron chi connectivity index (χ3n) is 8.03. The third-order valence-corrected chi connectivity index (χ3v) is 8.03. The van der Waals surface area contributed by atoms with Gasteiger partial charge >= 0.3 is 5.97 Å². The summed E-state index contributed by atoms with van der Waals surface area (Å²) in [7, 11) is 0. The van der Waals surface area contributed by atoms with Crippen LogP contribution in [-0.4, -0.2) is 82.8 Å². The van der Waals surface area contributed by atoms with Crippen LogP contribution in [0.25, 0.3) is 0 Å². The molecule has 3 aliphatic rings. The first-order valence-electron chi connectivity index (χ1n) is 13.7. The number of carbonyl (C=O) groups is 3. The molecule has 3 saturated heterocycles. The summed E-state index contributed by atoms with van der Waals surface area (Å²) in [6, 6.07) is -0.765. The van der Waals surface area contributed by atoms with Gasteiger partial charge in [-0.15, -0.1) is 13.2 Å². The number of hydrogen-bond donors (Lipinski definition) is 1. The molecule has 1 spiro atoms. The minimum Gasteiger partial charge on any atom is -0.465 e. The van der Waals surface area contributed by atoms with Crippen LogP contribution in [0.1, 0.15) is 71.6 Å². The number of esters is 1. The highest BCUT2D eigenvalue weighted by Crippen LogP contribution is 2.58. The van der Waals surface area contributed by atoms with E-state index >= 15 is 0 Å². The number of hydrogen-bond acceptors (Lipinski definition) is 6. The van der Waals surface area contributed by atoms with E-state index in [0.717, 1.165) is 32.1 Å². The van der Waals surface area contributed by atoms with Gasteiger partial charge in [0.1, 0.15) is 11.6 Å². The Morgan fingerprint density at radius 1 is 1.28 bits per heavy atom. The van der Waals surface area contributed by atoms with Crippen molar-refractivity contribution in [2.45, 2.75) is 95.4 Å². The Hall–Kier alpha value is -2.19. The van der Waals surface area contributed by atoms with Gasteiger partial charge in [-0.3, -0.25) is 14.4 Å². The number of fused-ring (bicyclic) bond motifs is 1. The van der Waals surface area contributed by atoms with Crippen molar-refractivity contribution >= 4 is 17.8 Å². The predicted molar refractivity (Wildman–Crippen MR) is 137 cm³/mol. The van der Waals surface area contributed by atoms with E-state index in [0.29, 0.717) is 38.8 Å². The number of nitrogens with zero attached hydrogens (tertiary/aromatic N) is 2. The summed E-state index contributed by atoms with van der Waals surface area (Å²) in [5, 5.41) is 9.09. The zero-order valence-electron chi connectivity index (χ0n) is 22.0. The van der Waals surface area contributed by atoms with Crippen LogP contribution in [0.4, 0.5) is 0 Å². The van der Waals surface area contributed by atoms with Crippen molar-refractivity contribution < 1.29 is 29.0 Å². The third kappa shape index (κ3) is 5.40. The van der Waals surface area contributed by atoms with Crippen molar-refractivity contribution in [2.24, 2.45) is 11.8 Å². The molecule has 8 heteroatoms. The number of carbonyl (C=O) groups excluding carboxylic acids is 3. The van der Waals surface area contributed by atoms with E-state index < -0.39 is 35.6 Å². The zero-order chi connectivity index (χ0) is 26.3. The van der Waals surface area contributed by atoms with Gasteiger partial charge in [0.2, 0.25) is 11.8 Å². The lowest BCUT2D eigenvalue weighted by Crippen LogP contribution is -2.57. The number of likely N-dealkylation sites (tertiary alicyclic amines) is 1. The number of aliphatic hydroxyl groups excluding tert-OH is 1. The molecule has 2 amide bonds. The van der Waals surface area contributed by atoms with Gasteiger partial charge in [0.15, 0.2) is 0 Å². The molecule has 3 fully saturated rings. The fourth-order valence-corrected chi connectivity index (χ4v) is 6.38. The molecule has 1 N–H and O–H groups in total. The lowest BCUT2D eigenvalue weighted by molar-refractivity contribution is -0.155. The zero-order valence-corrected chi connectivity index (χ0v) is 22.0. The van der Waals surface area contributed by atoms with E-state index in [1.807, 2.05) is 11.8 Å². The van der Waals surface area contributed by atoms with Gasteiger partial charge in [-0.25, -0.2) is 0 Å². The summed E-state index contributed by atoms with van der Waals surface area (Å²) in [6.07, 6.45) is 9.69. The van der Waals surface area contributed by atoms with Gasteiger partial charge in [0, 0.05) is 25.7 Å². The maximum atomic E-state index is 14.2. The Bertz CT molecular complexity index is 816. The standard InChI is InChI=1S/C28H44N2O6/c1-5-8-19-35-27(34)22-21-14-15-28(36-21)23(22)25(32)30(17-11-9-10-12-18-31)24(28)26(33)29(16-7-3)20(4)13-6-2/h5,7,20-24,31H,1,3,6,8-19H2,2,4H3/t20?,21-,22+,23-,24?,28?/m0/s1. The number of rotatable bonds is 16. The molecule has 3 aliphatic heterocycles. The van der Waals surface area contributed by atoms with E-state index in [4.69, 9.17) is 14.6 Å². The van der Waals surface area contributed by atoms with Crippen molar-refractivity contribution in [1.29, 1.82) is 0 Å². The van der Waals surface area contributed by atoms with Crippen LogP contribution in [-0.2, 0) is 23.9 Å². The highest BCUT2D eigenvalue weighted by atomic mass is 16.6. The Labute approximate surface area is 215 Å². The molecule has 0 radical (unpaired) electrons.